The van der Waals surface area contributed by atoms with Crippen molar-refractivity contribution in [3.63, 3.8) is 0 Å². The Kier molecular flexibility index (Phi) is 4.09. The van der Waals surface area contributed by atoms with Gasteiger partial charge in [0.2, 0.25) is 0 Å². The van der Waals surface area contributed by atoms with E-state index >= 15 is 0 Å². The molecule has 0 aliphatic heterocycles. The van der Waals surface area contributed by atoms with Crippen molar-refractivity contribution in [3.8, 4) is 0 Å². The zero-order chi connectivity index (χ0) is 11.3. The molecule has 15 heavy (non-hydrogen) atoms. The minimum atomic E-state index is -0.682. The maximum Gasteiger partial charge on any atom is 0.197 e. The minimum absolute atomic E-state index is 0.0168. The number of Topliss-reactive ketones (excluding diaryl/α,β-unsaturated/α-hetero) is 1. The van der Waals surface area contributed by atoms with E-state index in [1.807, 2.05) is 20.8 Å². The number of ether oxygens (including phenoxy) is 1. The second kappa shape index (κ2) is 5.12. The van der Waals surface area contributed by atoms with E-state index < -0.39 is 5.60 Å². The third kappa shape index (κ3) is 2.29. The minimum Gasteiger partial charge on any atom is -0.472 e. The van der Waals surface area contributed by atoms with Gasteiger partial charge in [-0.2, -0.15) is 0 Å². The van der Waals surface area contributed by atoms with Crippen molar-refractivity contribution >= 4 is 5.78 Å². The lowest BCUT2D eigenvalue weighted by molar-refractivity contribution is -0.0250. The van der Waals surface area contributed by atoms with Crippen LogP contribution < -0.4 is 0 Å². The van der Waals surface area contributed by atoms with Gasteiger partial charge in [-0.3, -0.25) is 4.79 Å². The van der Waals surface area contributed by atoms with Gasteiger partial charge in [-0.05, 0) is 25.8 Å². The molecule has 0 aromatic carbocycles. The highest BCUT2D eigenvalue weighted by molar-refractivity contribution is 6.02. The predicted molar refractivity (Wildman–Crippen MR) is 58.0 cm³/mol. The van der Waals surface area contributed by atoms with Crippen molar-refractivity contribution in [2.45, 2.75) is 39.2 Å². The van der Waals surface area contributed by atoms with Gasteiger partial charge in [0.15, 0.2) is 5.78 Å². The van der Waals surface area contributed by atoms with E-state index in [2.05, 4.69) is 0 Å². The van der Waals surface area contributed by atoms with E-state index in [0.717, 1.165) is 0 Å². The van der Waals surface area contributed by atoms with Crippen LogP contribution >= 0.6 is 0 Å². The zero-order valence-electron chi connectivity index (χ0n) is 9.58. The predicted octanol–water partition coefficient (Wildman–Crippen LogP) is 3.06. The molecule has 3 nitrogen and oxygen atoms in total. The first-order valence-corrected chi connectivity index (χ1v) is 5.41. The third-order valence-electron chi connectivity index (χ3n) is 2.76. The molecule has 0 unspecified atom stereocenters. The molecule has 0 saturated carbocycles. The molecule has 0 bridgehead atoms. The first-order valence-electron chi connectivity index (χ1n) is 5.41. The van der Waals surface area contributed by atoms with Crippen LogP contribution in [0.5, 0.6) is 0 Å². The van der Waals surface area contributed by atoms with Crippen LogP contribution in [0.4, 0.5) is 0 Å². The quantitative estimate of drug-likeness (QED) is 0.677. The monoisotopic (exact) mass is 210 g/mol. The Morgan fingerprint density at radius 3 is 2.47 bits per heavy atom. The molecule has 0 fully saturated rings. The summed E-state index contributed by atoms with van der Waals surface area (Å²) in [6.07, 6.45) is 4.35. The Morgan fingerprint density at radius 2 is 2.07 bits per heavy atom. The molecule has 1 aromatic heterocycles. The number of carbonyl (C=O) groups excluding carboxylic acids is 1. The van der Waals surface area contributed by atoms with E-state index in [-0.39, 0.29) is 5.78 Å². The summed E-state index contributed by atoms with van der Waals surface area (Å²) in [5, 5.41) is 0. The van der Waals surface area contributed by atoms with Crippen molar-refractivity contribution in [2.75, 3.05) is 6.61 Å². The molecular weight excluding hydrogens is 192 g/mol. The van der Waals surface area contributed by atoms with E-state index in [9.17, 15) is 4.79 Å². The van der Waals surface area contributed by atoms with Crippen LogP contribution in [0, 0.1) is 0 Å². The zero-order valence-corrected chi connectivity index (χ0v) is 9.58. The Labute approximate surface area is 90.4 Å². The maximum absolute atomic E-state index is 12.2. The molecule has 3 heteroatoms. The first kappa shape index (κ1) is 12.0. The average Bonchev–Trinajstić information content (AvgIpc) is 2.78. The number of hydrogen-bond donors (Lipinski definition) is 0. The third-order valence-corrected chi connectivity index (χ3v) is 2.76. The van der Waals surface area contributed by atoms with Gasteiger partial charge in [0.05, 0.1) is 11.8 Å². The fourth-order valence-electron chi connectivity index (χ4n) is 1.77. The van der Waals surface area contributed by atoms with Gasteiger partial charge in [0.1, 0.15) is 11.9 Å². The van der Waals surface area contributed by atoms with E-state index in [0.29, 0.717) is 25.0 Å². The van der Waals surface area contributed by atoms with E-state index in [1.54, 1.807) is 6.07 Å². The van der Waals surface area contributed by atoms with Gasteiger partial charge >= 0.3 is 0 Å². The van der Waals surface area contributed by atoms with Crippen molar-refractivity contribution in [2.24, 2.45) is 0 Å². The molecule has 1 aromatic rings. The number of rotatable bonds is 6. The molecule has 0 saturated heterocycles. The SMILES string of the molecule is CCOC(CC)(CC)C(=O)c1ccoc1. The maximum atomic E-state index is 12.2. The fourth-order valence-corrected chi connectivity index (χ4v) is 1.77. The van der Waals surface area contributed by atoms with Gasteiger partial charge in [-0.1, -0.05) is 13.8 Å². The fraction of sp³-hybridized carbons (Fsp3) is 0.583. The summed E-state index contributed by atoms with van der Waals surface area (Å²) in [5.41, 5.74) is -0.0920. The van der Waals surface area contributed by atoms with E-state index in [1.165, 1.54) is 12.5 Å². The van der Waals surface area contributed by atoms with Crippen molar-refractivity contribution in [3.05, 3.63) is 24.2 Å². The molecule has 0 atom stereocenters. The van der Waals surface area contributed by atoms with Crippen molar-refractivity contribution in [1.29, 1.82) is 0 Å². The number of furan rings is 1. The van der Waals surface area contributed by atoms with Gasteiger partial charge in [-0.25, -0.2) is 0 Å². The van der Waals surface area contributed by atoms with Crippen LogP contribution in [-0.2, 0) is 4.74 Å². The molecular formula is C12H18O3. The first-order chi connectivity index (χ1) is 7.20. The van der Waals surface area contributed by atoms with Crippen LogP contribution in [-0.4, -0.2) is 18.0 Å². The Bertz CT molecular complexity index is 297. The second-order valence-electron chi connectivity index (χ2n) is 3.48. The molecule has 1 heterocycles. The van der Waals surface area contributed by atoms with Gasteiger partial charge in [0.25, 0.3) is 0 Å². The van der Waals surface area contributed by atoms with Crippen LogP contribution in [0.3, 0.4) is 0 Å². The highest BCUT2D eigenvalue weighted by Gasteiger charge is 2.36. The topological polar surface area (TPSA) is 39.4 Å². The Hall–Kier alpha value is -1.09. The Balaban J connectivity index is 2.94. The summed E-state index contributed by atoms with van der Waals surface area (Å²) in [7, 11) is 0. The summed E-state index contributed by atoms with van der Waals surface area (Å²) in [4.78, 5) is 12.2. The molecule has 0 radical (unpaired) electrons. The van der Waals surface area contributed by atoms with Crippen LogP contribution in [0.15, 0.2) is 23.0 Å². The average molecular weight is 210 g/mol. The molecule has 0 spiro atoms. The number of ketones is 1. The van der Waals surface area contributed by atoms with Crippen molar-refractivity contribution in [1.82, 2.24) is 0 Å². The smallest absolute Gasteiger partial charge is 0.197 e. The molecule has 84 valence electrons. The summed E-state index contributed by atoms with van der Waals surface area (Å²) < 4.78 is 10.5. The lowest BCUT2D eigenvalue weighted by Gasteiger charge is -2.29. The van der Waals surface area contributed by atoms with Gasteiger partial charge in [-0.15, -0.1) is 0 Å². The van der Waals surface area contributed by atoms with Gasteiger partial charge < -0.3 is 9.15 Å². The summed E-state index contributed by atoms with van der Waals surface area (Å²) >= 11 is 0. The molecule has 0 aliphatic rings. The lowest BCUT2D eigenvalue weighted by Crippen LogP contribution is -2.40. The normalized spacial score (nSPS) is 11.7. The summed E-state index contributed by atoms with van der Waals surface area (Å²) in [5.74, 6) is 0.0168. The largest absolute Gasteiger partial charge is 0.472 e. The molecule has 0 N–H and O–H groups in total. The molecule has 0 aliphatic carbocycles. The second-order valence-corrected chi connectivity index (χ2v) is 3.48. The summed E-state index contributed by atoms with van der Waals surface area (Å²) in [6.45, 7) is 6.39. The number of carbonyl (C=O) groups is 1. The van der Waals surface area contributed by atoms with E-state index in [4.69, 9.17) is 9.15 Å². The highest BCUT2D eigenvalue weighted by Crippen LogP contribution is 2.25. The highest BCUT2D eigenvalue weighted by atomic mass is 16.5. The van der Waals surface area contributed by atoms with Crippen molar-refractivity contribution < 1.29 is 13.9 Å². The number of hydrogen-bond acceptors (Lipinski definition) is 3. The van der Waals surface area contributed by atoms with Gasteiger partial charge in [0, 0.05) is 6.61 Å². The Morgan fingerprint density at radius 1 is 1.40 bits per heavy atom. The van der Waals surface area contributed by atoms with Crippen LogP contribution in [0.25, 0.3) is 0 Å². The summed E-state index contributed by atoms with van der Waals surface area (Å²) in [6, 6.07) is 1.68. The van der Waals surface area contributed by atoms with Crippen LogP contribution in [0.2, 0.25) is 0 Å². The lowest BCUT2D eigenvalue weighted by atomic mass is 9.88. The van der Waals surface area contributed by atoms with Crippen LogP contribution in [0.1, 0.15) is 44.0 Å². The molecule has 1 rings (SSSR count). The standard InChI is InChI=1S/C12H18O3/c1-4-12(5-2,15-6-3)11(13)10-7-8-14-9-10/h7-9H,4-6H2,1-3H3. The molecule has 0 amide bonds.